The molecule has 0 bridgehead atoms. The average molecular weight is 230 g/mol. The molecule has 2 rings (SSSR count). The Labute approximate surface area is 99.8 Å². The third kappa shape index (κ3) is 2.48. The van der Waals surface area contributed by atoms with E-state index in [0.717, 1.165) is 18.7 Å². The molecule has 5 heteroatoms. The zero-order valence-corrected chi connectivity index (χ0v) is 9.44. The van der Waals surface area contributed by atoms with Crippen LogP contribution in [0.1, 0.15) is 12.0 Å². The SMILES string of the molecule is N#Cc1ccc(N2CCCNC(=O)C2)c(N)c1. The maximum absolute atomic E-state index is 11.5. The number of carbonyl (C=O) groups excluding carboxylic acids is 1. The first-order chi connectivity index (χ1) is 8.20. The van der Waals surface area contributed by atoms with Gasteiger partial charge in [0.05, 0.1) is 29.6 Å². The van der Waals surface area contributed by atoms with E-state index in [2.05, 4.69) is 5.32 Å². The number of rotatable bonds is 1. The van der Waals surface area contributed by atoms with Gasteiger partial charge >= 0.3 is 0 Å². The lowest BCUT2D eigenvalue weighted by molar-refractivity contribution is -0.119. The number of amides is 1. The van der Waals surface area contributed by atoms with E-state index in [1.165, 1.54) is 0 Å². The lowest BCUT2D eigenvalue weighted by atomic mass is 10.1. The van der Waals surface area contributed by atoms with Gasteiger partial charge in [-0.15, -0.1) is 0 Å². The molecule has 0 spiro atoms. The van der Waals surface area contributed by atoms with E-state index in [4.69, 9.17) is 11.0 Å². The molecule has 0 saturated carbocycles. The monoisotopic (exact) mass is 230 g/mol. The Morgan fingerprint density at radius 1 is 1.47 bits per heavy atom. The van der Waals surface area contributed by atoms with Crippen molar-refractivity contribution in [3.63, 3.8) is 0 Å². The minimum Gasteiger partial charge on any atom is -0.397 e. The molecule has 88 valence electrons. The van der Waals surface area contributed by atoms with Crippen molar-refractivity contribution < 1.29 is 4.79 Å². The molecule has 1 heterocycles. The van der Waals surface area contributed by atoms with E-state index in [1.807, 2.05) is 11.0 Å². The van der Waals surface area contributed by atoms with Crippen LogP contribution in [0.5, 0.6) is 0 Å². The van der Waals surface area contributed by atoms with E-state index in [9.17, 15) is 4.79 Å². The molecule has 1 fully saturated rings. The van der Waals surface area contributed by atoms with E-state index < -0.39 is 0 Å². The number of carbonyl (C=O) groups is 1. The molecule has 5 nitrogen and oxygen atoms in total. The standard InChI is InChI=1S/C12H14N4O/c13-7-9-2-3-11(10(14)6-9)16-5-1-4-15-12(17)8-16/h2-3,6H,1,4-5,8,14H2,(H,15,17). The van der Waals surface area contributed by atoms with Crippen LogP contribution >= 0.6 is 0 Å². The van der Waals surface area contributed by atoms with Gasteiger partial charge in [0.25, 0.3) is 0 Å². The third-order valence-electron chi connectivity index (χ3n) is 2.76. The molecular weight excluding hydrogens is 216 g/mol. The molecule has 1 aromatic rings. The number of hydrogen-bond donors (Lipinski definition) is 2. The minimum atomic E-state index is 0.00580. The summed E-state index contributed by atoms with van der Waals surface area (Å²) < 4.78 is 0. The number of benzene rings is 1. The number of nitrogen functional groups attached to an aromatic ring is 1. The van der Waals surface area contributed by atoms with Gasteiger partial charge in [0.2, 0.25) is 5.91 Å². The summed E-state index contributed by atoms with van der Waals surface area (Å²) in [7, 11) is 0. The number of nitrogens with one attached hydrogen (secondary N) is 1. The van der Waals surface area contributed by atoms with Crippen molar-refractivity contribution in [2.45, 2.75) is 6.42 Å². The van der Waals surface area contributed by atoms with Crippen LogP contribution in [0.2, 0.25) is 0 Å². The first-order valence-corrected chi connectivity index (χ1v) is 5.52. The summed E-state index contributed by atoms with van der Waals surface area (Å²) >= 11 is 0. The maximum Gasteiger partial charge on any atom is 0.239 e. The Morgan fingerprint density at radius 3 is 3.00 bits per heavy atom. The van der Waals surface area contributed by atoms with Gasteiger partial charge in [-0.1, -0.05) is 0 Å². The van der Waals surface area contributed by atoms with Crippen molar-refractivity contribution in [3.05, 3.63) is 23.8 Å². The molecule has 1 aliphatic heterocycles. The zero-order chi connectivity index (χ0) is 12.3. The Kier molecular flexibility index (Phi) is 3.15. The molecule has 0 aliphatic carbocycles. The second-order valence-corrected chi connectivity index (χ2v) is 4.01. The van der Waals surface area contributed by atoms with Crippen LogP contribution in [0.15, 0.2) is 18.2 Å². The first-order valence-electron chi connectivity index (χ1n) is 5.52. The zero-order valence-electron chi connectivity index (χ0n) is 9.44. The van der Waals surface area contributed by atoms with Crippen LogP contribution in [0.25, 0.3) is 0 Å². The second kappa shape index (κ2) is 4.74. The fraction of sp³-hybridized carbons (Fsp3) is 0.333. The molecule has 1 amide bonds. The van der Waals surface area contributed by atoms with Crippen molar-refractivity contribution in [1.82, 2.24) is 5.32 Å². The number of hydrogen-bond acceptors (Lipinski definition) is 4. The second-order valence-electron chi connectivity index (χ2n) is 4.01. The smallest absolute Gasteiger partial charge is 0.239 e. The molecule has 1 aromatic carbocycles. The summed E-state index contributed by atoms with van der Waals surface area (Å²) in [6, 6.07) is 7.19. The number of anilines is 2. The van der Waals surface area contributed by atoms with E-state index in [0.29, 0.717) is 24.3 Å². The van der Waals surface area contributed by atoms with Crippen LogP contribution in [0, 0.1) is 11.3 Å². The fourth-order valence-electron chi connectivity index (χ4n) is 1.92. The summed E-state index contributed by atoms with van der Waals surface area (Å²) in [4.78, 5) is 13.4. The summed E-state index contributed by atoms with van der Waals surface area (Å²) in [5.41, 5.74) is 7.79. The number of nitrogens with two attached hydrogens (primary N) is 1. The van der Waals surface area contributed by atoms with Crippen molar-refractivity contribution in [2.24, 2.45) is 0 Å². The maximum atomic E-state index is 11.5. The highest BCUT2D eigenvalue weighted by atomic mass is 16.2. The normalized spacial score (nSPS) is 15.9. The molecule has 1 saturated heterocycles. The van der Waals surface area contributed by atoms with Crippen LogP contribution in [-0.2, 0) is 4.79 Å². The lowest BCUT2D eigenvalue weighted by Crippen LogP contribution is -2.33. The van der Waals surface area contributed by atoms with E-state index >= 15 is 0 Å². The highest BCUT2D eigenvalue weighted by Crippen LogP contribution is 2.24. The van der Waals surface area contributed by atoms with Gasteiger partial charge < -0.3 is 16.0 Å². The molecule has 1 aliphatic rings. The Bertz CT molecular complexity index is 478. The van der Waals surface area contributed by atoms with E-state index in [1.54, 1.807) is 18.2 Å². The summed E-state index contributed by atoms with van der Waals surface area (Å²) in [5.74, 6) is 0.00580. The van der Waals surface area contributed by atoms with Crippen LogP contribution in [0.3, 0.4) is 0 Å². The predicted octanol–water partition coefficient (Wildman–Crippen LogP) is 0.467. The third-order valence-corrected chi connectivity index (χ3v) is 2.76. The van der Waals surface area contributed by atoms with Gasteiger partial charge in [0.1, 0.15) is 0 Å². The average Bonchev–Trinajstić information content (AvgIpc) is 2.53. The van der Waals surface area contributed by atoms with Crippen LogP contribution < -0.4 is 16.0 Å². The molecule has 0 atom stereocenters. The molecule has 0 aromatic heterocycles. The number of nitriles is 1. The Balaban J connectivity index is 2.27. The fourth-order valence-corrected chi connectivity index (χ4v) is 1.92. The van der Waals surface area contributed by atoms with Gasteiger partial charge in [0, 0.05) is 13.1 Å². The first kappa shape index (κ1) is 11.3. The Morgan fingerprint density at radius 2 is 2.29 bits per heavy atom. The highest BCUT2D eigenvalue weighted by Gasteiger charge is 2.16. The largest absolute Gasteiger partial charge is 0.397 e. The van der Waals surface area contributed by atoms with Gasteiger partial charge in [0.15, 0.2) is 0 Å². The van der Waals surface area contributed by atoms with Gasteiger partial charge in [-0.25, -0.2) is 0 Å². The summed E-state index contributed by atoms with van der Waals surface area (Å²) in [5, 5.41) is 11.6. The predicted molar refractivity (Wildman–Crippen MR) is 65.4 cm³/mol. The molecule has 17 heavy (non-hydrogen) atoms. The van der Waals surface area contributed by atoms with E-state index in [-0.39, 0.29) is 5.91 Å². The molecule has 0 unspecified atom stereocenters. The summed E-state index contributed by atoms with van der Waals surface area (Å²) in [6.45, 7) is 1.80. The Hall–Kier alpha value is -2.22. The van der Waals surface area contributed by atoms with Crippen molar-refractivity contribution in [3.8, 4) is 6.07 Å². The molecule has 0 radical (unpaired) electrons. The molecular formula is C12H14N4O. The topological polar surface area (TPSA) is 82.2 Å². The number of nitrogens with zero attached hydrogens (tertiary/aromatic N) is 2. The molecule has 3 N–H and O–H groups in total. The lowest BCUT2D eigenvalue weighted by Gasteiger charge is -2.22. The van der Waals surface area contributed by atoms with Crippen LogP contribution in [0.4, 0.5) is 11.4 Å². The van der Waals surface area contributed by atoms with Crippen molar-refractivity contribution in [1.29, 1.82) is 5.26 Å². The summed E-state index contributed by atoms with van der Waals surface area (Å²) in [6.07, 6.45) is 0.894. The van der Waals surface area contributed by atoms with Crippen LogP contribution in [-0.4, -0.2) is 25.5 Å². The quantitative estimate of drug-likeness (QED) is 0.687. The van der Waals surface area contributed by atoms with Gasteiger partial charge in [-0.3, -0.25) is 4.79 Å². The van der Waals surface area contributed by atoms with Gasteiger partial charge in [-0.2, -0.15) is 5.26 Å². The van der Waals surface area contributed by atoms with Crippen molar-refractivity contribution in [2.75, 3.05) is 30.3 Å². The van der Waals surface area contributed by atoms with Crippen molar-refractivity contribution >= 4 is 17.3 Å². The minimum absolute atomic E-state index is 0.00580. The highest BCUT2D eigenvalue weighted by molar-refractivity contribution is 5.83. The van der Waals surface area contributed by atoms with Gasteiger partial charge in [-0.05, 0) is 24.6 Å².